The first-order valence-corrected chi connectivity index (χ1v) is 8.40. The predicted octanol–water partition coefficient (Wildman–Crippen LogP) is 2.54. The van der Waals surface area contributed by atoms with Crippen LogP contribution in [0.2, 0.25) is 0 Å². The Bertz CT molecular complexity index is 882. The normalized spacial score (nSPS) is 19.0. The minimum atomic E-state index is -0.669. The molecule has 1 fully saturated rings. The third kappa shape index (κ3) is 2.79. The van der Waals surface area contributed by atoms with Gasteiger partial charge < -0.3 is 14.4 Å². The van der Waals surface area contributed by atoms with Gasteiger partial charge >= 0.3 is 0 Å². The molecule has 1 amide bonds. The highest BCUT2D eigenvalue weighted by molar-refractivity contribution is 6.04. The van der Waals surface area contributed by atoms with Crippen molar-refractivity contribution in [2.45, 2.75) is 25.4 Å². The van der Waals surface area contributed by atoms with Crippen molar-refractivity contribution in [2.24, 2.45) is 0 Å². The van der Waals surface area contributed by atoms with Gasteiger partial charge in [-0.25, -0.2) is 9.37 Å². The number of nitrogens with zero attached hydrogens (tertiary/aromatic N) is 2. The van der Waals surface area contributed by atoms with E-state index < -0.39 is 11.9 Å². The maximum atomic E-state index is 14.3. The van der Waals surface area contributed by atoms with Crippen molar-refractivity contribution in [3.05, 3.63) is 47.4 Å². The second-order valence-electron chi connectivity index (χ2n) is 6.30. The number of ether oxygens (including phenoxy) is 2. The van der Waals surface area contributed by atoms with Crippen molar-refractivity contribution in [1.29, 1.82) is 0 Å². The maximum absolute atomic E-state index is 14.3. The summed E-state index contributed by atoms with van der Waals surface area (Å²) >= 11 is 0. The van der Waals surface area contributed by atoms with Crippen LogP contribution in [0.1, 0.15) is 28.8 Å². The largest absolute Gasteiger partial charge is 0.481 e. The van der Waals surface area contributed by atoms with Gasteiger partial charge in [-0.2, -0.15) is 0 Å². The van der Waals surface area contributed by atoms with E-state index in [-0.39, 0.29) is 11.7 Å². The van der Waals surface area contributed by atoms with Gasteiger partial charge in [0.25, 0.3) is 5.91 Å². The van der Waals surface area contributed by atoms with E-state index in [1.807, 2.05) is 0 Å². The average molecular weight is 356 g/mol. The van der Waals surface area contributed by atoms with Crippen molar-refractivity contribution in [2.75, 3.05) is 18.6 Å². The topological polar surface area (TPSA) is 68.7 Å². The lowest BCUT2D eigenvalue weighted by Gasteiger charge is -2.18. The Kier molecular flexibility index (Phi) is 4.06. The molecule has 1 aliphatic carbocycles. The number of Topliss-reactive ketones (excluding diaryl/α,β-unsaturated/α-hetero) is 1. The number of methoxy groups -OCH3 is 1. The Morgan fingerprint density at radius 3 is 2.81 bits per heavy atom. The molecular weight excluding hydrogens is 339 g/mol. The second-order valence-corrected chi connectivity index (χ2v) is 6.30. The van der Waals surface area contributed by atoms with Crippen LogP contribution in [0.4, 0.5) is 10.1 Å². The summed E-state index contributed by atoms with van der Waals surface area (Å²) in [6.45, 7) is 0.402. The molecule has 1 aromatic heterocycles. The van der Waals surface area contributed by atoms with Gasteiger partial charge in [0.15, 0.2) is 11.9 Å². The minimum Gasteiger partial charge on any atom is -0.481 e. The summed E-state index contributed by atoms with van der Waals surface area (Å²) in [7, 11) is 1.52. The number of rotatable bonds is 4. The van der Waals surface area contributed by atoms with Crippen LogP contribution >= 0.6 is 0 Å². The quantitative estimate of drug-likeness (QED) is 0.842. The zero-order valence-corrected chi connectivity index (χ0v) is 14.2. The first kappa shape index (κ1) is 16.5. The monoisotopic (exact) mass is 356 g/mol. The number of hydrogen-bond donors (Lipinski definition) is 0. The lowest BCUT2D eigenvalue weighted by molar-refractivity contribution is -0.122. The molecule has 0 radical (unpaired) electrons. The standard InChI is InChI=1S/C19H17FN2O4/c1-25-18-5-2-12(10-21-18)26-17-6-7-22(19(17)24)11-8-14-13(15(20)9-11)3-4-16(14)23/h2,5,8-10,17H,3-4,6-7H2,1H3. The van der Waals surface area contributed by atoms with Crippen LogP contribution in [0.15, 0.2) is 30.5 Å². The summed E-state index contributed by atoms with van der Waals surface area (Å²) in [6, 6.07) is 6.26. The van der Waals surface area contributed by atoms with Crippen LogP contribution in [0.5, 0.6) is 11.6 Å². The summed E-state index contributed by atoms with van der Waals surface area (Å²) in [5.41, 5.74) is 1.24. The first-order chi connectivity index (χ1) is 12.6. The maximum Gasteiger partial charge on any atom is 0.268 e. The number of ketones is 1. The van der Waals surface area contributed by atoms with Gasteiger partial charge in [0.2, 0.25) is 5.88 Å². The van der Waals surface area contributed by atoms with Crippen molar-refractivity contribution in [3.63, 3.8) is 0 Å². The summed E-state index contributed by atoms with van der Waals surface area (Å²) < 4.78 is 25.0. The van der Waals surface area contributed by atoms with Crippen LogP contribution in [0.3, 0.4) is 0 Å². The molecule has 0 N–H and O–H groups in total. The molecule has 2 aliphatic rings. The summed E-state index contributed by atoms with van der Waals surface area (Å²) in [5.74, 6) is 0.145. The summed E-state index contributed by atoms with van der Waals surface area (Å²) in [5, 5.41) is 0. The summed E-state index contributed by atoms with van der Waals surface area (Å²) in [4.78, 5) is 30.1. The molecule has 1 saturated heterocycles. The molecule has 2 heterocycles. The zero-order valence-electron chi connectivity index (χ0n) is 14.2. The molecule has 1 aromatic carbocycles. The van der Waals surface area contributed by atoms with E-state index in [2.05, 4.69) is 4.98 Å². The van der Waals surface area contributed by atoms with Crippen molar-refractivity contribution in [1.82, 2.24) is 4.98 Å². The number of carbonyl (C=O) groups is 2. The van der Waals surface area contributed by atoms with Gasteiger partial charge in [-0.1, -0.05) is 0 Å². The highest BCUT2D eigenvalue weighted by Gasteiger charge is 2.36. The first-order valence-electron chi connectivity index (χ1n) is 8.40. The fourth-order valence-corrected chi connectivity index (χ4v) is 3.40. The SMILES string of the molecule is COc1ccc(OC2CCN(c3cc(F)c4c(c3)C(=O)CC4)C2=O)cn1. The number of fused-ring (bicyclic) bond motifs is 1. The molecule has 1 atom stereocenters. The van der Waals surface area contributed by atoms with Crippen molar-refractivity contribution < 1.29 is 23.5 Å². The van der Waals surface area contributed by atoms with Gasteiger partial charge in [-0.05, 0) is 30.2 Å². The summed E-state index contributed by atoms with van der Waals surface area (Å²) in [6.07, 6.45) is 2.03. The minimum absolute atomic E-state index is 0.0792. The van der Waals surface area contributed by atoms with E-state index >= 15 is 0 Å². The molecule has 0 bridgehead atoms. The highest BCUT2D eigenvalue weighted by atomic mass is 19.1. The van der Waals surface area contributed by atoms with Gasteiger partial charge in [0.05, 0.1) is 13.3 Å². The van der Waals surface area contributed by atoms with Crippen molar-refractivity contribution >= 4 is 17.4 Å². The number of anilines is 1. The van der Waals surface area contributed by atoms with Crippen molar-refractivity contribution in [3.8, 4) is 11.6 Å². The third-order valence-corrected chi connectivity index (χ3v) is 4.75. The third-order valence-electron chi connectivity index (χ3n) is 4.75. The number of halogens is 1. The van der Waals surface area contributed by atoms with Gasteiger partial charge in [0.1, 0.15) is 11.6 Å². The van der Waals surface area contributed by atoms with E-state index in [0.717, 1.165) is 0 Å². The smallest absolute Gasteiger partial charge is 0.268 e. The van der Waals surface area contributed by atoms with Crippen LogP contribution in [0.25, 0.3) is 0 Å². The second kappa shape index (κ2) is 6.40. The number of pyridine rings is 1. The predicted molar refractivity (Wildman–Crippen MR) is 91.2 cm³/mol. The highest BCUT2D eigenvalue weighted by Crippen LogP contribution is 2.32. The Labute approximate surface area is 149 Å². The van der Waals surface area contributed by atoms with Crippen LogP contribution in [-0.2, 0) is 11.2 Å². The molecule has 7 heteroatoms. The van der Waals surface area contributed by atoms with E-state index in [4.69, 9.17) is 9.47 Å². The Morgan fingerprint density at radius 2 is 2.08 bits per heavy atom. The number of amides is 1. The Hall–Kier alpha value is -2.96. The Balaban J connectivity index is 1.53. The molecule has 2 aromatic rings. The molecule has 0 spiro atoms. The van der Waals surface area contributed by atoms with Gasteiger partial charge in [-0.3, -0.25) is 9.59 Å². The van der Waals surface area contributed by atoms with Gasteiger partial charge in [0, 0.05) is 36.7 Å². The molecule has 134 valence electrons. The van der Waals surface area contributed by atoms with E-state index in [9.17, 15) is 14.0 Å². The molecule has 0 saturated carbocycles. The molecular formula is C19H17FN2O4. The zero-order chi connectivity index (χ0) is 18.3. The van der Waals surface area contributed by atoms with Crippen LogP contribution in [-0.4, -0.2) is 36.4 Å². The average Bonchev–Trinajstić information content (AvgIpc) is 3.20. The van der Waals surface area contributed by atoms with E-state index in [1.54, 1.807) is 18.2 Å². The molecule has 4 rings (SSSR count). The number of benzene rings is 1. The van der Waals surface area contributed by atoms with E-state index in [0.29, 0.717) is 54.3 Å². The number of hydrogen-bond acceptors (Lipinski definition) is 5. The van der Waals surface area contributed by atoms with Crippen LogP contribution < -0.4 is 14.4 Å². The molecule has 1 unspecified atom stereocenters. The lowest BCUT2D eigenvalue weighted by atomic mass is 10.1. The van der Waals surface area contributed by atoms with Gasteiger partial charge in [-0.15, -0.1) is 0 Å². The molecule has 1 aliphatic heterocycles. The lowest BCUT2D eigenvalue weighted by Crippen LogP contribution is -2.32. The molecule has 26 heavy (non-hydrogen) atoms. The number of aromatic nitrogens is 1. The number of carbonyl (C=O) groups excluding carboxylic acids is 2. The van der Waals surface area contributed by atoms with E-state index in [1.165, 1.54) is 24.3 Å². The Morgan fingerprint density at radius 1 is 1.23 bits per heavy atom. The molecule has 6 nitrogen and oxygen atoms in total. The fourth-order valence-electron chi connectivity index (χ4n) is 3.40. The fraction of sp³-hybridized carbons (Fsp3) is 0.316. The van der Waals surface area contributed by atoms with Crippen LogP contribution in [0, 0.1) is 5.82 Å².